The van der Waals surface area contributed by atoms with Crippen LogP contribution >= 0.6 is 11.6 Å². The number of pyridine rings is 1. The molecule has 0 saturated carbocycles. The third-order valence-corrected chi connectivity index (χ3v) is 3.29. The normalized spacial score (nSPS) is 13.1. The van der Waals surface area contributed by atoms with Crippen molar-refractivity contribution in [1.29, 1.82) is 0 Å². The van der Waals surface area contributed by atoms with Crippen molar-refractivity contribution in [3.8, 4) is 11.4 Å². The Morgan fingerprint density at radius 3 is 2.64 bits per heavy atom. The van der Waals surface area contributed by atoms with E-state index in [-0.39, 0.29) is 28.1 Å². The summed E-state index contributed by atoms with van der Waals surface area (Å²) in [6.07, 6.45) is -3.59. The molecule has 2 heterocycles. The highest BCUT2D eigenvalue weighted by Crippen LogP contribution is 2.30. The van der Waals surface area contributed by atoms with E-state index in [2.05, 4.69) is 25.0 Å². The molecule has 0 bridgehead atoms. The van der Waals surface area contributed by atoms with Crippen molar-refractivity contribution in [3.05, 3.63) is 28.9 Å². The number of hydrogen-bond acceptors (Lipinski definition) is 6. The molecule has 0 aliphatic heterocycles. The summed E-state index contributed by atoms with van der Waals surface area (Å²) in [6, 6.07) is 1.11. The number of likely N-dealkylation sites (N-methyl/N-ethyl adjacent to an activating group) is 1. The van der Waals surface area contributed by atoms with Crippen molar-refractivity contribution in [1.82, 2.24) is 25.3 Å². The van der Waals surface area contributed by atoms with Gasteiger partial charge in [0.05, 0.1) is 5.02 Å². The summed E-state index contributed by atoms with van der Waals surface area (Å²) in [5, 5.41) is 5.93. The molecule has 2 rings (SSSR count). The van der Waals surface area contributed by atoms with Crippen LogP contribution in [0, 0.1) is 0 Å². The van der Waals surface area contributed by atoms with Gasteiger partial charge in [-0.2, -0.15) is 18.2 Å². The van der Waals surface area contributed by atoms with Gasteiger partial charge in [0.1, 0.15) is 5.69 Å². The Balaban J connectivity index is 2.18. The van der Waals surface area contributed by atoms with Crippen molar-refractivity contribution in [2.24, 2.45) is 0 Å². The Morgan fingerprint density at radius 1 is 1.44 bits per heavy atom. The van der Waals surface area contributed by atoms with Crippen molar-refractivity contribution in [3.63, 3.8) is 0 Å². The third-order valence-electron chi connectivity index (χ3n) is 3.00. The highest BCUT2D eigenvalue weighted by molar-refractivity contribution is 6.33. The SMILES string of the molecule is CC(CN(C)C)NC(=O)c1ncc(-c2noc(C(F)(F)F)n2)cc1Cl. The number of nitrogens with one attached hydrogen (secondary N) is 1. The van der Waals surface area contributed by atoms with E-state index in [1.54, 1.807) is 0 Å². The minimum absolute atomic E-state index is 0.0367. The molecule has 136 valence electrons. The molecule has 0 aromatic carbocycles. The molecule has 0 aliphatic rings. The van der Waals surface area contributed by atoms with Crippen LogP contribution in [0.5, 0.6) is 0 Å². The fourth-order valence-corrected chi connectivity index (χ4v) is 2.32. The number of nitrogens with zero attached hydrogens (tertiary/aromatic N) is 4. The summed E-state index contributed by atoms with van der Waals surface area (Å²) in [5.41, 5.74) is 0.0534. The van der Waals surface area contributed by atoms with Crippen LogP contribution in [0.25, 0.3) is 11.4 Å². The molecule has 1 atom stereocenters. The molecule has 2 aromatic rings. The first-order chi connectivity index (χ1) is 11.6. The van der Waals surface area contributed by atoms with Gasteiger partial charge in [-0.1, -0.05) is 16.8 Å². The number of halogens is 4. The second-order valence-electron chi connectivity index (χ2n) is 5.61. The number of aromatic nitrogens is 3. The lowest BCUT2D eigenvalue weighted by Crippen LogP contribution is -2.39. The van der Waals surface area contributed by atoms with E-state index >= 15 is 0 Å². The minimum Gasteiger partial charge on any atom is -0.347 e. The van der Waals surface area contributed by atoms with Crippen molar-refractivity contribution < 1.29 is 22.5 Å². The van der Waals surface area contributed by atoms with E-state index in [1.165, 1.54) is 6.07 Å². The number of carbonyl (C=O) groups excluding carboxylic acids is 1. The van der Waals surface area contributed by atoms with E-state index in [0.717, 1.165) is 6.20 Å². The van der Waals surface area contributed by atoms with Crippen LogP contribution in [0.1, 0.15) is 23.3 Å². The largest absolute Gasteiger partial charge is 0.471 e. The molecule has 0 aliphatic carbocycles. The summed E-state index contributed by atoms with van der Waals surface area (Å²) >= 11 is 6.02. The van der Waals surface area contributed by atoms with Crippen molar-refractivity contribution in [2.75, 3.05) is 20.6 Å². The Kier molecular flexibility index (Phi) is 5.63. The van der Waals surface area contributed by atoms with Crippen LogP contribution in [0.4, 0.5) is 13.2 Å². The predicted octanol–water partition coefficient (Wildman–Crippen LogP) is 2.48. The van der Waals surface area contributed by atoms with Gasteiger partial charge in [-0.15, -0.1) is 0 Å². The zero-order valence-corrected chi connectivity index (χ0v) is 14.3. The van der Waals surface area contributed by atoms with Gasteiger partial charge in [-0.25, -0.2) is 4.98 Å². The van der Waals surface area contributed by atoms with Crippen LogP contribution in [-0.4, -0.2) is 52.6 Å². The molecule has 11 heteroatoms. The Hall–Kier alpha value is -2.20. The molecule has 0 spiro atoms. The number of rotatable bonds is 5. The lowest BCUT2D eigenvalue weighted by molar-refractivity contribution is -0.159. The Morgan fingerprint density at radius 2 is 2.12 bits per heavy atom. The zero-order valence-electron chi connectivity index (χ0n) is 13.6. The molecule has 25 heavy (non-hydrogen) atoms. The Labute approximate surface area is 146 Å². The van der Waals surface area contributed by atoms with Gasteiger partial charge in [0.15, 0.2) is 0 Å². The van der Waals surface area contributed by atoms with Crippen LogP contribution in [-0.2, 0) is 6.18 Å². The first kappa shape index (κ1) is 19.1. The maximum Gasteiger partial charge on any atom is 0.471 e. The van der Waals surface area contributed by atoms with Gasteiger partial charge in [-0.05, 0) is 27.1 Å². The molecule has 1 N–H and O–H groups in total. The van der Waals surface area contributed by atoms with E-state index in [1.807, 2.05) is 25.9 Å². The van der Waals surface area contributed by atoms with Gasteiger partial charge in [0.2, 0.25) is 5.82 Å². The molecule has 0 saturated heterocycles. The third kappa shape index (κ3) is 4.89. The highest BCUT2D eigenvalue weighted by Gasteiger charge is 2.38. The van der Waals surface area contributed by atoms with Crippen molar-refractivity contribution >= 4 is 17.5 Å². The van der Waals surface area contributed by atoms with Gasteiger partial charge in [-0.3, -0.25) is 4.79 Å². The summed E-state index contributed by atoms with van der Waals surface area (Å²) in [6.45, 7) is 2.43. The minimum atomic E-state index is -4.75. The fraction of sp³-hybridized carbons (Fsp3) is 0.429. The lowest BCUT2D eigenvalue weighted by atomic mass is 10.2. The summed E-state index contributed by atoms with van der Waals surface area (Å²) in [5.74, 6) is -2.29. The second kappa shape index (κ2) is 7.36. The number of carbonyl (C=O) groups is 1. The van der Waals surface area contributed by atoms with E-state index in [4.69, 9.17) is 11.6 Å². The standard InChI is InChI=1S/C14H15ClF3N5O2/c1-7(6-23(2)3)20-12(24)10-9(15)4-8(5-19-10)11-21-13(25-22-11)14(16,17)18/h4-5,7H,6H2,1-3H3,(H,20,24). The topological polar surface area (TPSA) is 84.2 Å². The van der Waals surface area contributed by atoms with Crippen LogP contribution < -0.4 is 5.32 Å². The zero-order chi connectivity index (χ0) is 18.8. The highest BCUT2D eigenvalue weighted by atomic mass is 35.5. The summed E-state index contributed by atoms with van der Waals surface area (Å²) in [7, 11) is 3.73. The first-order valence-electron chi connectivity index (χ1n) is 7.10. The fourth-order valence-electron chi connectivity index (χ4n) is 2.07. The molecule has 1 amide bonds. The number of alkyl halides is 3. The van der Waals surface area contributed by atoms with Crippen LogP contribution in [0.3, 0.4) is 0 Å². The quantitative estimate of drug-likeness (QED) is 0.861. The maximum absolute atomic E-state index is 12.5. The van der Waals surface area contributed by atoms with Crippen LogP contribution in [0.2, 0.25) is 5.02 Å². The smallest absolute Gasteiger partial charge is 0.347 e. The number of hydrogen-bond donors (Lipinski definition) is 1. The van der Waals surface area contributed by atoms with Crippen LogP contribution in [0.15, 0.2) is 16.8 Å². The molecule has 2 aromatic heterocycles. The Bertz CT molecular complexity index is 763. The molecule has 7 nitrogen and oxygen atoms in total. The molecular weight excluding hydrogens is 363 g/mol. The van der Waals surface area contributed by atoms with Gasteiger partial charge < -0.3 is 14.7 Å². The molecule has 0 fully saturated rings. The van der Waals surface area contributed by atoms with Gasteiger partial charge in [0.25, 0.3) is 5.91 Å². The van der Waals surface area contributed by atoms with Gasteiger partial charge in [0, 0.05) is 24.3 Å². The second-order valence-corrected chi connectivity index (χ2v) is 6.02. The van der Waals surface area contributed by atoms with E-state index < -0.39 is 18.0 Å². The lowest BCUT2D eigenvalue weighted by Gasteiger charge is -2.18. The monoisotopic (exact) mass is 377 g/mol. The van der Waals surface area contributed by atoms with E-state index in [0.29, 0.717) is 6.54 Å². The predicted molar refractivity (Wildman–Crippen MR) is 83.0 cm³/mol. The molecule has 0 radical (unpaired) electrons. The first-order valence-corrected chi connectivity index (χ1v) is 7.48. The van der Waals surface area contributed by atoms with Gasteiger partial charge >= 0.3 is 12.1 Å². The molecule has 1 unspecified atom stereocenters. The van der Waals surface area contributed by atoms with E-state index in [9.17, 15) is 18.0 Å². The maximum atomic E-state index is 12.5. The average molecular weight is 378 g/mol. The summed E-state index contributed by atoms with van der Waals surface area (Å²) < 4.78 is 41.6. The van der Waals surface area contributed by atoms with Crippen molar-refractivity contribution in [2.45, 2.75) is 19.1 Å². The average Bonchev–Trinajstić information content (AvgIpc) is 2.95. The molecular formula is C14H15ClF3N5O2. The summed E-state index contributed by atoms with van der Waals surface area (Å²) in [4.78, 5) is 21.2. The number of amides is 1.